The summed E-state index contributed by atoms with van der Waals surface area (Å²) in [4.78, 5) is 18.0. The predicted octanol–water partition coefficient (Wildman–Crippen LogP) is 5.32. The maximum Gasteiger partial charge on any atom is 0.261 e. The van der Waals surface area contributed by atoms with Crippen LogP contribution in [0.2, 0.25) is 0 Å². The molecule has 0 saturated heterocycles. The van der Waals surface area contributed by atoms with E-state index in [9.17, 15) is 4.79 Å². The van der Waals surface area contributed by atoms with Crippen LogP contribution in [0.5, 0.6) is 5.75 Å². The Balaban J connectivity index is 1.65. The van der Waals surface area contributed by atoms with Crippen molar-refractivity contribution in [2.24, 2.45) is 0 Å². The van der Waals surface area contributed by atoms with E-state index in [1.165, 1.54) is 0 Å². The van der Waals surface area contributed by atoms with Crippen molar-refractivity contribution in [3.8, 4) is 28.3 Å². The van der Waals surface area contributed by atoms with Crippen LogP contribution in [-0.2, 0) is 0 Å². The van der Waals surface area contributed by atoms with Gasteiger partial charge in [-0.3, -0.25) is 4.79 Å². The molecule has 2 aromatic heterocycles. The molecule has 0 aliphatic rings. The van der Waals surface area contributed by atoms with Gasteiger partial charge in [0.2, 0.25) is 0 Å². The highest BCUT2D eigenvalue weighted by atomic mass is 16.5. The Bertz CT molecular complexity index is 1400. The van der Waals surface area contributed by atoms with Crippen molar-refractivity contribution in [1.82, 2.24) is 14.6 Å². The molecule has 5 rings (SSSR count). The summed E-state index contributed by atoms with van der Waals surface area (Å²) < 4.78 is 7.06. The average molecular weight is 420 g/mol. The van der Waals surface area contributed by atoms with Crippen LogP contribution in [0.3, 0.4) is 0 Å². The summed E-state index contributed by atoms with van der Waals surface area (Å²) in [6.45, 7) is 0. The van der Waals surface area contributed by atoms with Crippen LogP contribution in [0.15, 0.2) is 97.2 Å². The summed E-state index contributed by atoms with van der Waals surface area (Å²) in [6, 6.07) is 29.1. The van der Waals surface area contributed by atoms with Crippen LogP contribution in [0.25, 0.3) is 28.2 Å². The molecule has 6 nitrogen and oxygen atoms in total. The predicted molar refractivity (Wildman–Crippen MR) is 125 cm³/mol. The zero-order valence-electron chi connectivity index (χ0n) is 17.4. The second kappa shape index (κ2) is 8.35. The fourth-order valence-electron chi connectivity index (χ4n) is 3.63. The smallest absolute Gasteiger partial charge is 0.261 e. The summed E-state index contributed by atoms with van der Waals surface area (Å²) in [6.07, 6.45) is 1.55. The third-order valence-electron chi connectivity index (χ3n) is 5.21. The number of aromatic nitrogens is 3. The van der Waals surface area contributed by atoms with E-state index in [1.54, 1.807) is 30.0 Å². The Morgan fingerprint density at radius 2 is 1.53 bits per heavy atom. The first-order valence-electron chi connectivity index (χ1n) is 10.2. The Labute approximate surface area is 185 Å². The molecule has 6 heteroatoms. The van der Waals surface area contributed by atoms with Gasteiger partial charge in [-0.05, 0) is 18.2 Å². The average Bonchev–Trinajstić information content (AvgIpc) is 3.29. The molecule has 2 heterocycles. The first kappa shape index (κ1) is 19.5. The standard InChI is InChI=1S/C26H20N4O2/c1-32-24-15-9-8-14-21(24)29-26(31)20-17-27-30-23(19-12-6-3-7-13-19)16-22(28-25(20)30)18-10-4-2-5-11-18/h2-17H,1H3,(H,29,31). The van der Waals surface area contributed by atoms with Crippen LogP contribution in [0.1, 0.15) is 10.4 Å². The van der Waals surface area contributed by atoms with E-state index in [2.05, 4.69) is 10.4 Å². The van der Waals surface area contributed by atoms with E-state index in [4.69, 9.17) is 9.72 Å². The molecule has 32 heavy (non-hydrogen) atoms. The molecule has 0 fully saturated rings. The second-order valence-corrected chi connectivity index (χ2v) is 7.21. The third kappa shape index (κ3) is 3.58. The van der Waals surface area contributed by atoms with Crippen LogP contribution in [0.4, 0.5) is 5.69 Å². The minimum absolute atomic E-state index is 0.304. The SMILES string of the molecule is COc1ccccc1NC(=O)c1cnn2c(-c3ccccc3)cc(-c3ccccc3)nc12. The quantitative estimate of drug-likeness (QED) is 0.418. The molecule has 156 valence electrons. The topological polar surface area (TPSA) is 68.5 Å². The highest BCUT2D eigenvalue weighted by Crippen LogP contribution is 2.28. The molecule has 0 aliphatic carbocycles. The van der Waals surface area contributed by atoms with Gasteiger partial charge in [0.1, 0.15) is 11.3 Å². The third-order valence-corrected chi connectivity index (χ3v) is 5.21. The number of hydrogen-bond acceptors (Lipinski definition) is 4. The normalized spacial score (nSPS) is 10.8. The maximum absolute atomic E-state index is 13.2. The number of rotatable bonds is 5. The summed E-state index contributed by atoms with van der Waals surface area (Å²) in [5.74, 6) is 0.279. The molecule has 1 amide bonds. The van der Waals surface area contributed by atoms with Crippen LogP contribution in [-0.4, -0.2) is 27.6 Å². The number of anilines is 1. The molecule has 1 N–H and O–H groups in total. The Kier molecular flexibility index (Phi) is 5.09. The lowest BCUT2D eigenvalue weighted by atomic mass is 10.1. The molecule has 5 aromatic rings. The molecule has 0 unspecified atom stereocenters. The highest BCUT2D eigenvalue weighted by molar-refractivity contribution is 6.09. The summed E-state index contributed by atoms with van der Waals surface area (Å²) in [5.41, 5.74) is 5.02. The number of carbonyl (C=O) groups excluding carboxylic acids is 1. The van der Waals surface area contributed by atoms with E-state index in [-0.39, 0.29) is 5.91 Å². The summed E-state index contributed by atoms with van der Waals surface area (Å²) >= 11 is 0. The fourth-order valence-corrected chi connectivity index (χ4v) is 3.63. The van der Waals surface area contributed by atoms with E-state index in [0.717, 1.165) is 22.5 Å². The van der Waals surface area contributed by atoms with Gasteiger partial charge in [0.25, 0.3) is 5.91 Å². The molecule has 0 saturated carbocycles. The van der Waals surface area contributed by atoms with Crippen molar-refractivity contribution < 1.29 is 9.53 Å². The molecule has 0 radical (unpaired) electrons. The van der Waals surface area contributed by atoms with Gasteiger partial charge in [0.15, 0.2) is 5.65 Å². The zero-order chi connectivity index (χ0) is 21.9. The molecule has 0 spiro atoms. The van der Waals surface area contributed by atoms with E-state index in [1.807, 2.05) is 78.9 Å². The molecule has 0 bridgehead atoms. The van der Waals surface area contributed by atoms with Crippen LogP contribution >= 0.6 is 0 Å². The second-order valence-electron chi connectivity index (χ2n) is 7.21. The number of hydrogen-bond donors (Lipinski definition) is 1. The lowest BCUT2D eigenvalue weighted by Crippen LogP contribution is -2.13. The van der Waals surface area contributed by atoms with E-state index >= 15 is 0 Å². The Hall–Kier alpha value is -4.45. The Morgan fingerprint density at radius 1 is 0.875 bits per heavy atom. The lowest BCUT2D eigenvalue weighted by molar-refractivity contribution is 0.102. The monoisotopic (exact) mass is 420 g/mol. The van der Waals surface area contributed by atoms with Crippen molar-refractivity contribution in [3.63, 3.8) is 0 Å². The first-order valence-corrected chi connectivity index (χ1v) is 10.2. The molecular weight excluding hydrogens is 400 g/mol. The van der Waals surface area contributed by atoms with Gasteiger partial charge in [-0.2, -0.15) is 5.10 Å². The lowest BCUT2D eigenvalue weighted by Gasteiger charge is -2.11. The number of amides is 1. The van der Waals surface area contributed by atoms with Gasteiger partial charge in [0.05, 0.1) is 30.4 Å². The Morgan fingerprint density at radius 3 is 2.25 bits per heavy atom. The summed E-state index contributed by atoms with van der Waals surface area (Å²) in [5, 5.41) is 7.41. The van der Waals surface area contributed by atoms with Crippen molar-refractivity contribution >= 4 is 17.2 Å². The van der Waals surface area contributed by atoms with E-state index < -0.39 is 0 Å². The number of para-hydroxylation sites is 2. The minimum atomic E-state index is -0.304. The van der Waals surface area contributed by atoms with Crippen molar-refractivity contribution in [2.75, 3.05) is 12.4 Å². The van der Waals surface area contributed by atoms with Crippen LogP contribution < -0.4 is 10.1 Å². The number of methoxy groups -OCH3 is 1. The van der Waals surface area contributed by atoms with Gasteiger partial charge in [-0.15, -0.1) is 0 Å². The molecule has 3 aromatic carbocycles. The van der Waals surface area contributed by atoms with Crippen molar-refractivity contribution in [2.45, 2.75) is 0 Å². The van der Waals surface area contributed by atoms with Gasteiger partial charge < -0.3 is 10.1 Å². The fraction of sp³-hybridized carbons (Fsp3) is 0.0385. The zero-order valence-corrected chi connectivity index (χ0v) is 17.4. The van der Waals surface area contributed by atoms with Crippen LogP contribution in [0, 0.1) is 0 Å². The highest BCUT2D eigenvalue weighted by Gasteiger charge is 2.19. The maximum atomic E-state index is 13.2. The minimum Gasteiger partial charge on any atom is -0.495 e. The van der Waals surface area contributed by atoms with Gasteiger partial charge in [-0.1, -0.05) is 72.8 Å². The molecular formula is C26H20N4O2. The summed E-state index contributed by atoms with van der Waals surface area (Å²) in [7, 11) is 1.57. The van der Waals surface area contributed by atoms with Gasteiger partial charge in [0, 0.05) is 11.1 Å². The largest absolute Gasteiger partial charge is 0.495 e. The number of carbonyl (C=O) groups is 1. The van der Waals surface area contributed by atoms with Crippen molar-refractivity contribution in [3.05, 3.63) is 103 Å². The molecule has 0 atom stereocenters. The first-order chi connectivity index (χ1) is 15.7. The molecule has 0 aliphatic heterocycles. The van der Waals surface area contributed by atoms with E-state index in [0.29, 0.717) is 22.6 Å². The number of nitrogens with zero attached hydrogens (tertiary/aromatic N) is 3. The number of benzene rings is 3. The number of nitrogens with one attached hydrogen (secondary N) is 1. The van der Waals surface area contributed by atoms with Gasteiger partial charge in [-0.25, -0.2) is 9.50 Å². The van der Waals surface area contributed by atoms with Crippen molar-refractivity contribution in [1.29, 1.82) is 0 Å². The number of fused-ring (bicyclic) bond motifs is 1. The van der Waals surface area contributed by atoms with Gasteiger partial charge >= 0.3 is 0 Å². The number of ether oxygens (including phenoxy) is 1.